The summed E-state index contributed by atoms with van der Waals surface area (Å²) in [4.78, 5) is 19.9. The number of piperazine rings is 1. The number of nitrogens with zero attached hydrogens (tertiary/aromatic N) is 3. The van der Waals surface area contributed by atoms with E-state index in [2.05, 4.69) is 32.7 Å². The number of halogens is 1. The molecule has 0 saturated carbocycles. The summed E-state index contributed by atoms with van der Waals surface area (Å²) in [6, 6.07) is 14.7. The summed E-state index contributed by atoms with van der Waals surface area (Å²) < 4.78 is 13.1. The van der Waals surface area contributed by atoms with Gasteiger partial charge in [-0.2, -0.15) is 0 Å². The molecule has 1 aliphatic heterocycles. The van der Waals surface area contributed by atoms with Crippen LogP contribution in [0.5, 0.6) is 0 Å². The van der Waals surface area contributed by atoms with Crippen LogP contribution in [-0.4, -0.2) is 50.5 Å². The molecule has 1 saturated heterocycles. The fourth-order valence-corrected chi connectivity index (χ4v) is 3.19. The van der Waals surface area contributed by atoms with Crippen LogP contribution in [0.2, 0.25) is 0 Å². The second-order valence-corrected chi connectivity index (χ2v) is 6.82. The Balaban J connectivity index is 1.54. The molecule has 0 aromatic heterocycles. The lowest BCUT2D eigenvalue weighted by Gasteiger charge is -2.28. The van der Waals surface area contributed by atoms with Crippen molar-refractivity contribution in [2.24, 2.45) is 4.99 Å². The molecule has 1 aliphatic rings. The number of carbonyl (C=O) groups excluding carboxylic acids is 1. The van der Waals surface area contributed by atoms with Crippen molar-refractivity contribution < 1.29 is 9.18 Å². The standard InChI is InChI=1S/C21H26FN5O/c1-23-21(26(2)14-17-3-7-18(22)8-4-17)25-13-16-5-9-19(10-6-16)27-12-11-24-20(28)15-27/h3-10H,11-15H2,1-2H3,(H,23,25)(H,24,28). The number of hydrogen-bond donors (Lipinski definition) is 2. The fourth-order valence-electron chi connectivity index (χ4n) is 3.19. The van der Waals surface area contributed by atoms with Crippen molar-refractivity contribution >= 4 is 17.6 Å². The first kappa shape index (κ1) is 19.7. The summed E-state index contributed by atoms with van der Waals surface area (Å²) in [5, 5.41) is 6.18. The monoisotopic (exact) mass is 383 g/mol. The van der Waals surface area contributed by atoms with Crippen LogP contribution < -0.4 is 15.5 Å². The van der Waals surface area contributed by atoms with Crippen LogP contribution in [0.3, 0.4) is 0 Å². The third-order valence-corrected chi connectivity index (χ3v) is 4.70. The maximum absolute atomic E-state index is 13.1. The molecule has 2 aromatic carbocycles. The van der Waals surface area contributed by atoms with Gasteiger partial charge in [-0.15, -0.1) is 0 Å². The van der Waals surface area contributed by atoms with E-state index >= 15 is 0 Å². The molecule has 28 heavy (non-hydrogen) atoms. The molecule has 0 aliphatic carbocycles. The van der Waals surface area contributed by atoms with Crippen molar-refractivity contribution in [3.63, 3.8) is 0 Å². The second kappa shape index (κ2) is 9.21. The quantitative estimate of drug-likeness (QED) is 0.612. The number of anilines is 1. The summed E-state index contributed by atoms with van der Waals surface area (Å²) in [6.07, 6.45) is 0. The molecule has 1 fully saturated rings. The minimum atomic E-state index is -0.234. The van der Waals surface area contributed by atoms with Gasteiger partial charge >= 0.3 is 0 Å². The number of aliphatic imine (C=N–C) groups is 1. The molecule has 1 heterocycles. The van der Waals surface area contributed by atoms with E-state index in [9.17, 15) is 9.18 Å². The molecule has 0 spiro atoms. The number of amides is 1. The van der Waals surface area contributed by atoms with Gasteiger partial charge in [-0.05, 0) is 35.4 Å². The Kier molecular flexibility index (Phi) is 6.47. The fraction of sp³-hybridized carbons (Fsp3) is 0.333. The predicted molar refractivity (Wildman–Crippen MR) is 110 cm³/mol. The molecule has 148 valence electrons. The topological polar surface area (TPSA) is 60.0 Å². The van der Waals surface area contributed by atoms with Gasteiger partial charge in [0, 0.05) is 46.0 Å². The molecule has 0 atom stereocenters. The Morgan fingerprint density at radius 2 is 1.86 bits per heavy atom. The first-order valence-corrected chi connectivity index (χ1v) is 9.32. The normalized spacial score (nSPS) is 14.6. The highest BCUT2D eigenvalue weighted by Crippen LogP contribution is 2.16. The average Bonchev–Trinajstić information content (AvgIpc) is 2.71. The van der Waals surface area contributed by atoms with E-state index in [0.29, 0.717) is 26.2 Å². The van der Waals surface area contributed by atoms with Gasteiger partial charge in [0.05, 0.1) is 6.54 Å². The lowest BCUT2D eigenvalue weighted by Crippen LogP contribution is -2.47. The molecule has 0 unspecified atom stereocenters. The Bertz CT molecular complexity index is 820. The van der Waals surface area contributed by atoms with E-state index in [0.717, 1.165) is 29.3 Å². The zero-order chi connectivity index (χ0) is 19.9. The Morgan fingerprint density at radius 1 is 1.18 bits per heavy atom. The van der Waals surface area contributed by atoms with Crippen molar-refractivity contribution in [3.05, 3.63) is 65.5 Å². The van der Waals surface area contributed by atoms with Crippen LogP contribution in [0.15, 0.2) is 53.5 Å². The van der Waals surface area contributed by atoms with E-state index in [1.54, 1.807) is 19.2 Å². The highest BCUT2D eigenvalue weighted by molar-refractivity contribution is 5.82. The zero-order valence-electron chi connectivity index (χ0n) is 16.3. The van der Waals surface area contributed by atoms with Crippen LogP contribution in [0, 0.1) is 5.82 Å². The molecule has 3 rings (SSSR count). The largest absolute Gasteiger partial charge is 0.360 e. The number of guanidine groups is 1. The van der Waals surface area contributed by atoms with Gasteiger partial charge in [0.1, 0.15) is 5.82 Å². The number of benzene rings is 2. The van der Waals surface area contributed by atoms with Crippen molar-refractivity contribution in [2.75, 3.05) is 38.6 Å². The van der Waals surface area contributed by atoms with Crippen molar-refractivity contribution in [1.29, 1.82) is 0 Å². The van der Waals surface area contributed by atoms with Gasteiger partial charge in [0.2, 0.25) is 5.91 Å². The van der Waals surface area contributed by atoms with E-state index < -0.39 is 0 Å². The Hall–Kier alpha value is -3.09. The minimum Gasteiger partial charge on any atom is -0.360 e. The molecule has 0 radical (unpaired) electrons. The molecular weight excluding hydrogens is 357 g/mol. The maximum atomic E-state index is 13.1. The van der Waals surface area contributed by atoms with E-state index in [1.807, 2.05) is 24.1 Å². The van der Waals surface area contributed by atoms with Crippen LogP contribution in [-0.2, 0) is 17.9 Å². The minimum absolute atomic E-state index is 0.0602. The third-order valence-electron chi connectivity index (χ3n) is 4.70. The van der Waals surface area contributed by atoms with Gasteiger partial charge in [-0.25, -0.2) is 4.39 Å². The molecule has 2 aromatic rings. The van der Waals surface area contributed by atoms with E-state index in [1.165, 1.54) is 12.1 Å². The summed E-state index contributed by atoms with van der Waals surface area (Å²) in [5.41, 5.74) is 3.19. The van der Waals surface area contributed by atoms with Crippen molar-refractivity contribution in [1.82, 2.24) is 15.5 Å². The zero-order valence-corrected chi connectivity index (χ0v) is 16.3. The molecule has 6 nitrogen and oxygen atoms in total. The lowest BCUT2D eigenvalue weighted by atomic mass is 10.2. The highest BCUT2D eigenvalue weighted by Gasteiger charge is 2.16. The van der Waals surface area contributed by atoms with Crippen LogP contribution in [0.1, 0.15) is 11.1 Å². The molecule has 0 bridgehead atoms. The van der Waals surface area contributed by atoms with Gasteiger partial charge in [0.15, 0.2) is 5.96 Å². The average molecular weight is 383 g/mol. The Morgan fingerprint density at radius 3 is 2.50 bits per heavy atom. The predicted octanol–water partition coefficient (Wildman–Crippen LogP) is 1.97. The van der Waals surface area contributed by atoms with Gasteiger partial charge in [-0.3, -0.25) is 9.79 Å². The van der Waals surface area contributed by atoms with E-state index in [4.69, 9.17) is 0 Å². The summed E-state index contributed by atoms with van der Waals surface area (Å²) in [5.74, 6) is 0.591. The summed E-state index contributed by atoms with van der Waals surface area (Å²) in [6.45, 7) is 3.18. The first-order chi connectivity index (χ1) is 13.5. The molecular formula is C21H26FN5O. The smallest absolute Gasteiger partial charge is 0.239 e. The highest BCUT2D eigenvalue weighted by atomic mass is 19.1. The van der Waals surface area contributed by atoms with Crippen LogP contribution in [0.25, 0.3) is 0 Å². The van der Waals surface area contributed by atoms with Gasteiger partial charge in [-0.1, -0.05) is 24.3 Å². The number of rotatable bonds is 5. The van der Waals surface area contributed by atoms with Gasteiger partial charge < -0.3 is 20.4 Å². The number of carbonyl (C=O) groups is 1. The van der Waals surface area contributed by atoms with Gasteiger partial charge in [0.25, 0.3) is 0 Å². The van der Waals surface area contributed by atoms with Crippen molar-refractivity contribution in [3.8, 4) is 0 Å². The van der Waals surface area contributed by atoms with Crippen molar-refractivity contribution in [2.45, 2.75) is 13.1 Å². The van der Waals surface area contributed by atoms with E-state index in [-0.39, 0.29) is 11.7 Å². The summed E-state index contributed by atoms with van der Waals surface area (Å²) >= 11 is 0. The molecule has 7 heteroatoms. The maximum Gasteiger partial charge on any atom is 0.239 e. The number of nitrogens with one attached hydrogen (secondary N) is 2. The Labute approximate surface area is 165 Å². The van der Waals surface area contributed by atoms with Crippen LogP contribution >= 0.6 is 0 Å². The summed E-state index contributed by atoms with van der Waals surface area (Å²) in [7, 11) is 3.69. The lowest BCUT2D eigenvalue weighted by molar-refractivity contribution is -0.120. The van der Waals surface area contributed by atoms with Crippen LogP contribution in [0.4, 0.5) is 10.1 Å². The first-order valence-electron chi connectivity index (χ1n) is 9.32. The molecule has 1 amide bonds. The molecule has 2 N–H and O–H groups in total. The SMILES string of the molecule is CN=C(NCc1ccc(N2CCNC(=O)C2)cc1)N(C)Cc1ccc(F)cc1. The number of hydrogen-bond acceptors (Lipinski definition) is 3. The third kappa shape index (κ3) is 5.22. The second-order valence-electron chi connectivity index (χ2n) is 6.82.